The summed E-state index contributed by atoms with van der Waals surface area (Å²) in [5, 5.41) is 18.8. The minimum atomic E-state index is 0. The van der Waals surface area contributed by atoms with Crippen LogP contribution in [0.5, 0.6) is 0 Å². The molecule has 1 aromatic carbocycles. The number of hydrogen-bond donors (Lipinski definition) is 2. The average Bonchev–Trinajstić information content (AvgIpc) is 3.34. The summed E-state index contributed by atoms with van der Waals surface area (Å²) in [5.74, 6) is 1.35. The van der Waals surface area contributed by atoms with Gasteiger partial charge in [-0.25, -0.2) is 0 Å². The van der Waals surface area contributed by atoms with Crippen LogP contribution in [0.4, 0.5) is 5.69 Å². The van der Waals surface area contributed by atoms with Crippen LogP contribution >= 0.6 is 24.0 Å². The zero-order valence-corrected chi connectivity index (χ0v) is 15.2. The first-order valence-electron chi connectivity index (χ1n) is 8.32. The van der Waals surface area contributed by atoms with Crippen molar-refractivity contribution in [3.05, 3.63) is 29.0 Å². The van der Waals surface area contributed by atoms with E-state index in [0.29, 0.717) is 16.6 Å². The average molecular weight is 383 g/mol. The maximum Gasteiger partial charge on any atom is 0.227 e. The van der Waals surface area contributed by atoms with E-state index in [1.165, 1.54) is 0 Å². The van der Waals surface area contributed by atoms with Gasteiger partial charge in [-0.3, -0.25) is 4.79 Å². The second kappa shape index (κ2) is 7.68. The van der Waals surface area contributed by atoms with Crippen molar-refractivity contribution in [2.75, 3.05) is 18.4 Å². The van der Waals surface area contributed by atoms with Gasteiger partial charge in [0.2, 0.25) is 5.91 Å². The first kappa shape index (κ1) is 18.1. The molecule has 9 heteroatoms. The standard InChI is InChI=1S/C16H19ClN6O.ClH/c17-13-4-3-12(19-16(24)11-5-7-18-8-6-11)9-14(13)23-15(10-1-2-10)20-21-22-23;/h3-4,9-11,18H,1-2,5-8H2,(H,19,24);1H. The number of aromatic nitrogens is 4. The minimum absolute atomic E-state index is 0. The zero-order valence-electron chi connectivity index (χ0n) is 13.6. The van der Waals surface area contributed by atoms with E-state index < -0.39 is 0 Å². The van der Waals surface area contributed by atoms with E-state index in [9.17, 15) is 4.79 Å². The van der Waals surface area contributed by atoms with Gasteiger partial charge in [-0.15, -0.1) is 17.5 Å². The van der Waals surface area contributed by atoms with Gasteiger partial charge in [0.15, 0.2) is 5.82 Å². The molecule has 0 radical (unpaired) electrons. The van der Waals surface area contributed by atoms with Gasteiger partial charge in [0.05, 0.1) is 10.7 Å². The number of carbonyl (C=O) groups excluding carboxylic acids is 1. The van der Waals surface area contributed by atoms with Gasteiger partial charge >= 0.3 is 0 Å². The minimum Gasteiger partial charge on any atom is -0.326 e. The Balaban J connectivity index is 0.00000182. The molecule has 0 unspecified atom stereocenters. The van der Waals surface area contributed by atoms with Gasteiger partial charge < -0.3 is 10.6 Å². The summed E-state index contributed by atoms with van der Waals surface area (Å²) in [4.78, 5) is 12.4. The van der Waals surface area contributed by atoms with Crippen molar-refractivity contribution in [1.82, 2.24) is 25.5 Å². The van der Waals surface area contributed by atoms with Crippen molar-refractivity contribution in [3.8, 4) is 5.69 Å². The molecule has 1 aromatic heterocycles. The number of piperidine rings is 1. The lowest BCUT2D eigenvalue weighted by atomic mass is 9.97. The Morgan fingerprint density at radius 3 is 2.72 bits per heavy atom. The topological polar surface area (TPSA) is 84.7 Å². The second-order valence-corrected chi connectivity index (χ2v) is 6.81. The van der Waals surface area contributed by atoms with Crippen LogP contribution in [0.3, 0.4) is 0 Å². The van der Waals surface area contributed by atoms with Gasteiger partial charge in [0.25, 0.3) is 0 Å². The number of nitrogens with one attached hydrogen (secondary N) is 2. The predicted octanol–water partition coefficient (Wildman–Crippen LogP) is 2.55. The molecule has 1 aliphatic heterocycles. The molecule has 2 N–H and O–H groups in total. The number of nitrogens with zero attached hydrogens (tertiary/aromatic N) is 4. The van der Waals surface area contributed by atoms with Gasteiger partial charge in [0, 0.05) is 17.5 Å². The molecule has 1 saturated heterocycles. The third kappa shape index (κ3) is 3.94. The molecule has 0 atom stereocenters. The van der Waals surface area contributed by atoms with E-state index >= 15 is 0 Å². The van der Waals surface area contributed by atoms with Crippen molar-refractivity contribution in [2.24, 2.45) is 5.92 Å². The van der Waals surface area contributed by atoms with Crippen LogP contribution in [-0.2, 0) is 4.79 Å². The van der Waals surface area contributed by atoms with Crippen LogP contribution in [0.1, 0.15) is 37.4 Å². The summed E-state index contributed by atoms with van der Waals surface area (Å²) in [7, 11) is 0. The fourth-order valence-corrected chi connectivity index (χ4v) is 3.24. The molecular formula is C16H20Cl2N6O. The SMILES string of the molecule is Cl.O=C(Nc1ccc(Cl)c(-n2nnnc2C2CC2)c1)C1CCNCC1. The lowest BCUT2D eigenvalue weighted by Gasteiger charge is -2.22. The molecular weight excluding hydrogens is 363 g/mol. The molecule has 0 spiro atoms. The fraction of sp³-hybridized carbons (Fsp3) is 0.500. The van der Waals surface area contributed by atoms with Crippen LogP contribution in [0.25, 0.3) is 5.69 Å². The number of rotatable bonds is 4. The maximum absolute atomic E-state index is 12.4. The van der Waals surface area contributed by atoms with Crippen LogP contribution in [0.15, 0.2) is 18.2 Å². The molecule has 134 valence electrons. The Morgan fingerprint density at radius 1 is 1.24 bits per heavy atom. The van der Waals surface area contributed by atoms with Crippen molar-refractivity contribution in [1.29, 1.82) is 0 Å². The first-order valence-corrected chi connectivity index (χ1v) is 8.70. The summed E-state index contributed by atoms with van der Waals surface area (Å²) >= 11 is 6.33. The monoisotopic (exact) mass is 382 g/mol. The van der Waals surface area contributed by atoms with Gasteiger partial charge in [-0.05, 0) is 67.4 Å². The molecule has 2 fully saturated rings. The lowest BCUT2D eigenvalue weighted by Crippen LogP contribution is -2.34. The molecule has 1 aliphatic carbocycles. The van der Waals surface area contributed by atoms with E-state index in [4.69, 9.17) is 11.6 Å². The number of hydrogen-bond acceptors (Lipinski definition) is 5. The van der Waals surface area contributed by atoms with Gasteiger partial charge in [-0.1, -0.05) is 11.6 Å². The molecule has 2 aromatic rings. The Bertz CT molecular complexity index is 755. The molecule has 1 amide bonds. The Hall–Kier alpha value is -1.70. The summed E-state index contributed by atoms with van der Waals surface area (Å²) in [5.41, 5.74) is 1.42. The number of benzene rings is 1. The zero-order chi connectivity index (χ0) is 16.5. The number of amides is 1. The number of halogens is 2. The van der Waals surface area contributed by atoms with Crippen molar-refractivity contribution in [2.45, 2.75) is 31.6 Å². The quantitative estimate of drug-likeness (QED) is 0.848. The van der Waals surface area contributed by atoms with E-state index in [2.05, 4.69) is 26.2 Å². The van der Waals surface area contributed by atoms with E-state index in [0.717, 1.165) is 50.3 Å². The largest absolute Gasteiger partial charge is 0.326 e. The number of carbonyl (C=O) groups is 1. The Labute approximate surface area is 156 Å². The van der Waals surface area contributed by atoms with E-state index in [1.807, 2.05) is 12.1 Å². The highest BCUT2D eigenvalue weighted by Crippen LogP contribution is 2.40. The third-order valence-electron chi connectivity index (χ3n) is 4.59. The van der Waals surface area contributed by atoms with Gasteiger partial charge in [-0.2, -0.15) is 4.68 Å². The summed E-state index contributed by atoms with van der Waals surface area (Å²) in [6.07, 6.45) is 3.93. The Morgan fingerprint density at radius 2 is 2.00 bits per heavy atom. The van der Waals surface area contributed by atoms with Crippen molar-refractivity contribution in [3.63, 3.8) is 0 Å². The van der Waals surface area contributed by atoms with Crippen LogP contribution < -0.4 is 10.6 Å². The van der Waals surface area contributed by atoms with Gasteiger partial charge in [0.1, 0.15) is 0 Å². The predicted molar refractivity (Wildman–Crippen MR) is 97.6 cm³/mol. The second-order valence-electron chi connectivity index (χ2n) is 6.40. The van der Waals surface area contributed by atoms with Crippen LogP contribution in [-0.4, -0.2) is 39.2 Å². The van der Waals surface area contributed by atoms with E-state index in [1.54, 1.807) is 10.7 Å². The fourth-order valence-electron chi connectivity index (χ4n) is 3.04. The van der Waals surface area contributed by atoms with Crippen molar-refractivity contribution >= 4 is 35.6 Å². The highest BCUT2D eigenvalue weighted by molar-refractivity contribution is 6.32. The molecule has 2 heterocycles. The third-order valence-corrected chi connectivity index (χ3v) is 4.91. The number of tetrazole rings is 1. The normalized spacial score (nSPS) is 17.8. The molecule has 0 bridgehead atoms. The highest BCUT2D eigenvalue weighted by Gasteiger charge is 2.30. The maximum atomic E-state index is 12.4. The number of anilines is 1. The van der Waals surface area contributed by atoms with E-state index in [-0.39, 0.29) is 24.2 Å². The first-order chi connectivity index (χ1) is 11.7. The lowest BCUT2D eigenvalue weighted by molar-refractivity contribution is -0.120. The molecule has 25 heavy (non-hydrogen) atoms. The summed E-state index contributed by atoms with van der Waals surface area (Å²) in [6, 6.07) is 5.42. The molecule has 7 nitrogen and oxygen atoms in total. The Kier molecular flexibility index (Phi) is 5.56. The van der Waals surface area contributed by atoms with Crippen LogP contribution in [0.2, 0.25) is 5.02 Å². The molecule has 2 aliphatic rings. The highest BCUT2D eigenvalue weighted by atomic mass is 35.5. The molecule has 4 rings (SSSR count). The smallest absolute Gasteiger partial charge is 0.227 e. The molecule has 1 saturated carbocycles. The summed E-state index contributed by atoms with van der Waals surface area (Å²) in [6.45, 7) is 1.78. The van der Waals surface area contributed by atoms with Crippen LogP contribution in [0, 0.1) is 5.92 Å². The summed E-state index contributed by atoms with van der Waals surface area (Å²) < 4.78 is 1.68. The van der Waals surface area contributed by atoms with Crippen molar-refractivity contribution < 1.29 is 4.79 Å².